The minimum atomic E-state index is 0.674. The number of nitrogens with zero attached hydrogens (tertiary/aromatic N) is 1. The molecule has 1 aromatic carbocycles. The lowest BCUT2D eigenvalue weighted by Crippen LogP contribution is -2.48. The number of methoxy groups -OCH3 is 1. The van der Waals surface area contributed by atoms with Gasteiger partial charge in [0, 0.05) is 31.9 Å². The molecule has 0 saturated carbocycles. The average Bonchev–Trinajstić information content (AvgIpc) is 2.46. The first-order valence-electron chi connectivity index (χ1n) is 7.80. The SMILES string of the molecule is CCCNC1CCN(c2cccc(COC)c2)CC1C. The number of rotatable bonds is 6. The van der Waals surface area contributed by atoms with Gasteiger partial charge in [-0.2, -0.15) is 0 Å². The summed E-state index contributed by atoms with van der Waals surface area (Å²) >= 11 is 0. The van der Waals surface area contributed by atoms with Crippen LogP contribution in [0.25, 0.3) is 0 Å². The standard InChI is InChI=1S/C17H28N2O/c1-4-9-18-17-8-10-19(12-14(17)2)16-7-5-6-15(11-16)13-20-3/h5-7,11,14,17-18H,4,8-10,12-13H2,1-3H3. The van der Waals surface area contributed by atoms with Gasteiger partial charge in [0.25, 0.3) is 0 Å². The largest absolute Gasteiger partial charge is 0.380 e. The van der Waals surface area contributed by atoms with Crippen molar-refractivity contribution in [3.8, 4) is 0 Å². The average molecular weight is 276 g/mol. The highest BCUT2D eigenvalue weighted by Gasteiger charge is 2.25. The van der Waals surface area contributed by atoms with Crippen molar-refractivity contribution in [3.63, 3.8) is 0 Å². The van der Waals surface area contributed by atoms with Crippen LogP contribution in [-0.2, 0) is 11.3 Å². The molecular formula is C17H28N2O. The third kappa shape index (κ3) is 3.97. The molecule has 2 rings (SSSR count). The van der Waals surface area contributed by atoms with E-state index in [2.05, 4.69) is 48.3 Å². The first-order valence-corrected chi connectivity index (χ1v) is 7.80. The molecule has 20 heavy (non-hydrogen) atoms. The van der Waals surface area contributed by atoms with Crippen molar-refractivity contribution < 1.29 is 4.74 Å². The summed E-state index contributed by atoms with van der Waals surface area (Å²) in [6.45, 7) is 8.70. The van der Waals surface area contributed by atoms with Crippen LogP contribution < -0.4 is 10.2 Å². The van der Waals surface area contributed by atoms with Gasteiger partial charge in [-0.3, -0.25) is 0 Å². The van der Waals surface area contributed by atoms with Crippen LogP contribution in [0.1, 0.15) is 32.3 Å². The molecule has 3 heteroatoms. The third-order valence-electron chi connectivity index (χ3n) is 4.15. The molecule has 1 saturated heterocycles. The molecule has 1 heterocycles. The Balaban J connectivity index is 1.96. The summed E-state index contributed by atoms with van der Waals surface area (Å²) in [6.07, 6.45) is 2.45. The first kappa shape index (κ1) is 15.3. The first-order chi connectivity index (χ1) is 9.74. The van der Waals surface area contributed by atoms with Crippen molar-refractivity contribution in [3.05, 3.63) is 29.8 Å². The Labute approximate surface area is 123 Å². The highest BCUT2D eigenvalue weighted by molar-refractivity contribution is 5.49. The molecule has 112 valence electrons. The van der Waals surface area contributed by atoms with Crippen molar-refractivity contribution in [1.29, 1.82) is 0 Å². The quantitative estimate of drug-likeness (QED) is 0.864. The minimum absolute atomic E-state index is 0.674. The molecule has 1 aliphatic rings. The van der Waals surface area contributed by atoms with Gasteiger partial charge in [0.15, 0.2) is 0 Å². The maximum absolute atomic E-state index is 5.22. The lowest BCUT2D eigenvalue weighted by atomic mass is 9.93. The van der Waals surface area contributed by atoms with E-state index >= 15 is 0 Å². The molecule has 2 unspecified atom stereocenters. The molecule has 0 spiro atoms. The molecule has 0 aliphatic carbocycles. The van der Waals surface area contributed by atoms with Gasteiger partial charge >= 0.3 is 0 Å². The van der Waals surface area contributed by atoms with Gasteiger partial charge in [0.2, 0.25) is 0 Å². The number of ether oxygens (including phenoxy) is 1. The van der Waals surface area contributed by atoms with E-state index in [1.807, 2.05) is 0 Å². The molecular weight excluding hydrogens is 248 g/mol. The highest BCUT2D eigenvalue weighted by atomic mass is 16.5. The van der Waals surface area contributed by atoms with Crippen LogP contribution in [0.2, 0.25) is 0 Å². The highest BCUT2D eigenvalue weighted by Crippen LogP contribution is 2.24. The predicted octanol–water partition coefficient (Wildman–Crippen LogP) is 3.05. The fourth-order valence-corrected chi connectivity index (χ4v) is 3.02. The Kier molecular flexibility index (Phi) is 5.86. The smallest absolute Gasteiger partial charge is 0.0713 e. The summed E-state index contributed by atoms with van der Waals surface area (Å²) in [4.78, 5) is 2.51. The second-order valence-electron chi connectivity index (χ2n) is 5.88. The molecule has 0 bridgehead atoms. The van der Waals surface area contributed by atoms with E-state index in [4.69, 9.17) is 4.74 Å². The summed E-state index contributed by atoms with van der Waals surface area (Å²) in [5.74, 6) is 0.696. The number of hydrogen-bond acceptors (Lipinski definition) is 3. The van der Waals surface area contributed by atoms with E-state index < -0.39 is 0 Å². The zero-order valence-electron chi connectivity index (χ0n) is 13.1. The van der Waals surface area contributed by atoms with Crippen LogP contribution in [0, 0.1) is 5.92 Å². The van der Waals surface area contributed by atoms with Gasteiger partial charge < -0.3 is 15.0 Å². The molecule has 1 aliphatic heterocycles. The van der Waals surface area contributed by atoms with Crippen LogP contribution in [-0.4, -0.2) is 32.8 Å². The molecule has 1 N–H and O–H groups in total. The Morgan fingerprint density at radius 2 is 2.25 bits per heavy atom. The van der Waals surface area contributed by atoms with E-state index in [1.54, 1.807) is 7.11 Å². The second-order valence-corrected chi connectivity index (χ2v) is 5.88. The molecule has 2 atom stereocenters. The third-order valence-corrected chi connectivity index (χ3v) is 4.15. The van der Waals surface area contributed by atoms with Crippen molar-refractivity contribution in [2.45, 2.75) is 39.3 Å². The number of hydrogen-bond donors (Lipinski definition) is 1. The molecule has 1 aromatic rings. The van der Waals surface area contributed by atoms with Crippen LogP contribution in [0.4, 0.5) is 5.69 Å². The maximum atomic E-state index is 5.22. The van der Waals surface area contributed by atoms with Gasteiger partial charge in [0.1, 0.15) is 0 Å². The number of anilines is 1. The minimum Gasteiger partial charge on any atom is -0.380 e. The zero-order valence-corrected chi connectivity index (χ0v) is 13.1. The fourth-order valence-electron chi connectivity index (χ4n) is 3.02. The van der Waals surface area contributed by atoms with Crippen molar-refractivity contribution in [2.75, 3.05) is 31.6 Å². The summed E-state index contributed by atoms with van der Waals surface area (Å²) in [6, 6.07) is 9.41. The Hall–Kier alpha value is -1.06. The van der Waals surface area contributed by atoms with Crippen molar-refractivity contribution in [1.82, 2.24) is 5.32 Å². The summed E-state index contributed by atoms with van der Waals surface area (Å²) in [5.41, 5.74) is 2.59. The summed E-state index contributed by atoms with van der Waals surface area (Å²) in [5, 5.41) is 3.68. The van der Waals surface area contributed by atoms with Crippen LogP contribution in [0.15, 0.2) is 24.3 Å². The Bertz CT molecular complexity index is 408. The van der Waals surface area contributed by atoms with Crippen LogP contribution >= 0.6 is 0 Å². The van der Waals surface area contributed by atoms with E-state index in [1.165, 1.54) is 24.1 Å². The topological polar surface area (TPSA) is 24.5 Å². The maximum Gasteiger partial charge on any atom is 0.0713 e. The zero-order chi connectivity index (χ0) is 14.4. The predicted molar refractivity (Wildman–Crippen MR) is 85.2 cm³/mol. The summed E-state index contributed by atoms with van der Waals surface area (Å²) < 4.78 is 5.22. The number of nitrogens with one attached hydrogen (secondary N) is 1. The van der Waals surface area contributed by atoms with Gasteiger partial charge in [-0.15, -0.1) is 0 Å². The monoisotopic (exact) mass is 276 g/mol. The van der Waals surface area contributed by atoms with Crippen molar-refractivity contribution in [2.24, 2.45) is 5.92 Å². The molecule has 0 amide bonds. The Morgan fingerprint density at radius 1 is 1.40 bits per heavy atom. The lowest BCUT2D eigenvalue weighted by Gasteiger charge is -2.39. The lowest BCUT2D eigenvalue weighted by molar-refractivity contribution is 0.185. The molecule has 1 fully saturated rings. The number of benzene rings is 1. The van der Waals surface area contributed by atoms with Crippen LogP contribution in [0.3, 0.4) is 0 Å². The van der Waals surface area contributed by atoms with Gasteiger partial charge in [-0.05, 0) is 43.0 Å². The molecule has 0 radical (unpaired) electrons. The van der Waals surface area contributed by atoms with Crippen LogP contribution in [0.5, 0.6) is 0 Å². The van der Waals surface area contributed by atoms with Gasteiger partial charge in [0.05, 0.1) is 6.61 Å². The molecule has 3 nitrogen and oxygen atoms in total. The van der Waals surface area contributed by atoms with Gasteiger partial charge in [-0.1, -0.05) is 26.0 Å². The van der Waals surface area contributed by atoms with Crippen molar-refractivity contribution >= 4 is 5.69 Å². The normalized spacial score (nSPS) is 23.1. The van der Waals surface area contributed by atoms with Gasteiger partial charge in [-0.25, -0.2) is 0 Å². The van der Waals surface area contributed by atoms with E-state index in [-0.39, 0.29) is 0 Å². The van der Waals surface area contributed by atoms with E-state index in [9.17, 15) is 0 Å². The summed E-state index contributed by atoms with van der Waals surface area (Å²) in [7, 11) is 1.75. The second kappa shape index (κ2) is 7.65. The Morgan fingerprint density at radius 3 is 2.95 bits per heavy atom. The number of piperidine rings is 1. The van der Waals surface area contributed by atoms with E-state index in [0.29, 0.717) is 18.6 Å². The molecule has 0 aromatic heterocycles. The van der Waals surface area contributed by atoms with E-state index in [0.717, 1.165) is 19.6 Å². The fraction of sp³-hybridized carbons (Fsp3) is 0.647.